The second-order valence-electron chi connectivity index (χ2n) is 5.14. The number of rotatable bonds is 4. The van der Waals surface area contributed by atoms with E-state index in [2.05, 4.69) is 10.2 Å². The van der Waals surface area contributed by atoms with Crippen molar-refractivity contribution >= 4 is 5.69 Å². The predicted octanol–water partition coefficient (Wildman–Crippen LogP) is 1.97. The van der Waals surface area contributed by atoms with Gasteiger partial charge in [0.05, 0.1) is 4.92 Å². The van der Waals surface area contributed by atoms with Crippen molar-refractivity contribution in [2.75, 3.05) is 26.2 Å². The number of piperazine rings is 1. The lowest BCUT2D eigenvalue weighted by atomic mass is 9.98. The maximum absolute atomic E-state index is 11.1. The van der Waals surface area contributed by atoms with Crippen molar-refractivity contribution in [1.82, 2.24) is 10.2 Å². The number of phenolic OH excluding ortho intramolecular Hbond substituents is 1. The first-order valence-corrected chi connectivity index (χ1v) is 6.97. The molecule has 6 heteroatoms. The molecular formula is C14H21N3O3. The van der Waals surface area contributed by atoms with Crippen LogP contribution in [-0.4, -0.2) is 41.1 Å². The summed E-state index contributed by atoms with van der Waals surface area (Å²) in [5.41, 5.74) is 0.981. The SMILES string of the molecule is CC[C@H](c1ccc(C)c([N+](=O)[O-])c1O)N1CCNCC1. The standard InChI is InChI=1S/C14H21N3O3/c1-3-12(16-8-6-15-7-9-16)11-5-4-10(2)13(14(11)18)17(19)20/h4-5,12,15,18H,3,6-9H2,1-2H3/t12-/m1/s1. The molecular weight excluding hydrogens is 258 g/mol. The summed E-state index contributed by atoms with van der Waals surface area (Å²) in [4.78, 5) is 12.9. The van der Waals surface area contributed by atoms with Crippen LogP contribution in [-0.2, 0) is 0 Å². The third-order valence-corrected chi connectivity index (χ3v) is 3.90. The topological polar surface area (TPSA) is 78.6 Å². The molecule has 1 heterocycles. The summed E-state index contributed by atoms with van der Waals surface area (Å²) in [7, 11) is 0. The highest BCUT2D eigenvalue weighted by molar-refractivity contribution is 5.56. The monoisotopic (exact) mass is 279 g/mol. The summed E-state index contributed by atoms with van der Waals surface area (Å²) in [5.74, 6) is -0.180. The third kappa shape index (κ3) is 2.76. The van der Waals surface area contributed by atoms with E-state index in [-0.39, 0.29) is 17.5 Å². The molecule has 1 aliphatic heterocycles. The first kappa shape index (κ1) is 14.7. The van der Waals surface area contributed by atoms with Gasteiger partial charge in [-0.3, -0.25) is 15.0 Å². The van der Waals surface area contributed by atoms with E-state index in [1.807, 2.05) is 13.0 Å². The number of aryl methyl sites for hydroxylation is 1. The van der Waals surface area contributed by atoms with E-state index >= 15 is 0 Å². The molecule has 1 aliphatic rings. The van der Waals surface area contributed by atoms with E-state index < -0.39 is 4.92 Å². The number of nitro groups is 1. The van der Waals surface area contributed by atoms with Gasteiger partial charge in [0.1, 0.15) is 0 Å². The number of nitrogens with zero attached hydrogens (tertiary/aromatic N) is 2. The zero-order chi connectivity index (χ0) is 14.7. The number of benzene rings is 1. The smallest absolute Gasteiger partial charge is 0.313 e. The quantitative estimate of drug-likeness (QED) is 0.650. The molecule has 2 N–H and O–H groups in total. The van der Waals surface area contributed by atoms with Gasteiger partial charge in [-0.25, -0.2) is 0 Å². The third-order valence-electron chi connectivity index (χ3n) is 3.90. The highest BCUT2D eigenvalue weighted by Crippen LogP contribution is 2.39. The van der Waals surface area contributed by atoms with Gasteiger partial charge in [0.15, 0.2) is 5.75 Å². The van der Waals surface area contributed by atoms with Gasteiger partial charge in [-0.1, -0.05) is 19.1 Å². The molecule has 0 amide bonds. The van der Waals surface area contributed by atoms with E-state index in [1.165, 1.54) is 0 Å². The van der Waals surface area contributed by atoms with Gasteiger partial charge in [-0.05, 0) is 13.3 Å². The molecule has 1 saturated heterocycles. The zero-order valence-electron chi connectivity index (χ0n) is 11.9. The Morgan fingerprint density at radius 2 is 2.10 bits per heavy atom. The zero-order valence-corrected chi connectivity index (χ0v) is 11.9. The van der Waals surface area contributed by atoms with Crippen molar-refractivity contribution in [3.05, 3.63) is 33.4 Å². The molecule has 1 fully saturated rings. The number of nitrogens with one attached hydrogen (secondary N) is 1. The van der Waals surface area contributed by atoms with Crippen molar-refractivity contribution in [2.45, 2.75) is 26.3 Å². The molecule has 0 aliphatic carbocycles. The van der Waals surface area contributed by atoms with Crippen molar-refractivity contribution in [1.29, 1.82) is 0 Å². The fourth-order valence-corrected chi connectivity index (χ4v) is 2.86. The van der Waals surface area contributed by atoms with Crippen LogP contribution in [0.5, 0.6) is 5.75 Å². The molecule has 0 spiro atoms. The molecule has 110 valence electrons. The van der Waals surface area contributed by atoms with E-state index in [0.717, 1.165) is 32.6 Å². The number of hydrogen-bond donors (Lipinski definition) is 2. The highest BCUT2D eigenvalue weighted by atomic mass is 16.6. The molecule has 2 rings (SSSR count). The van der Waals surface area contributed by atoms with Crippen LogP contribution in [0.15, 0.2) is 12.1 Å². The van der Waals surface area contributed by atoms with Gasteiger partial charge in [0.2, 0.25) is 0 Å². The summed E-state index contributed by atoms with van der Waals surface area (Å²) < 4.78 is 0. The van der Waals surface area contributed by atoms with Crippen LogP contribution in [0.2, 0.25) is 0 Å². The van der Waals surface area contributed by atoms with Crippen molar-refractivity contribution in [3.8, 4) is 5.75 Å². The molecule has 0 aromatic heterocycles. The van der Waals surface area contributed by atoms with Gasteiger partial charge in [-0.2, -0.15) is 0 Å². The van der Waals surface area contributed by atoms with E-state index in [1.54, 1.807) is 13.0 Å². The van der Waals surface area contributed by atoms with Crippen molar-refractivity contribution in [2.24, 2.45) is 0 Å². The fraction of sp³-hybridized carbons (Fsp3) is 0.571. The lowest BCUT2D eigenvalue weighted by Crippen LogP contribution is -2.45. The summed E-state index contributed by atoms with van der Waals surface area (Å²) in [5, 5.41) is 24.7. The van der Waals surface area contributed by atoms with Gasteiger partial charge in [0, 0.05) is 43.3 Å². The van der Waals surface area contributed by atoms with Gasteiger partial charge in [0.25, 0.3) is 0 Å². The summed E-state index contributed by atoms with van der Waals surface area (Å²) in [6.07, 6.45) is 0.813. The summed E-state index contributed by atoms with van der Waals surface area (Å²) >= 11 is 0. The predicted molar refractivity (Wildman–Crippen MR) is 77.0 cm³/mol. The van der Waals surface area contributed by atoms with Crippen LogP contribution in [0, 0.1) is 17.0 Å². The minimum Gasteiger partial charge on any atom is -0.502 e. The molecule has 1 atom stereocenters. The second kappa shape index (κ2) is 6.19. The molecule has 0 unspecified atom stereocenters. The second-order valence-corrected chi connectivity index (χ2v) is 5.14. The molecule has 0 bridgehead atoms. The normalized spacial score (nSPS) is 17.9. The van der Waals surface area contributed by atoms with Crippen LogP contribution in [0.4, 0.5) is 5.69 Å². The molecule has 1 aromatic carbocycles. The lowest BCUT2D eigenvalue weighted by molar-refractivity contribution is -0.386. The maximum Gasteiger partial charge on any atom is 0.313 e. The van der Waals surface area contributed by atoms with Crippen LogP contribution in [0.3, 0.4) is 0 Å². The summed E-state index contributed by atoms with van der Waals surface area (Å²) in [6.45, 7) is 7.28. The largest absolute Gasteiger partial charge is 0.502 e. The maximum atomic E-state index is 11.1. The van der Waals surface area contributed by atoms with Gasteiger partial charge in [-0.15, -0.1) is 0 Å². The Morgan fingerprint density at radius 1 is 1.45 bits per heavy atom. The summed E-state index contributed by atoms with van der Waals surface area (Å²) in [6, 6.07) is 3.56. The Balaban J connectivity index is 2.39. The number of aromatic hydroxyl groups is 1. The molecule has 6 nitrogen and oxygen atoms in total. The number of phenols is 1. The molecule has 20 heavy (non-hydrogen) atoms. The Morgan fingerprint density at radius 3 is 2.65 bits per heavy atom. The molecule has 1 aromatic rings. The Bertz CT molecular complexity index is 499. The lowest BCUT2D eigenvalue weighted by Gasteiger charge is -2.34. The first-order valence-electron chi connectivity index (χ1n) is 6.97. The number of hydrogen-bond acceptors (Lipinski definition) is 5. The Hall–Kier alpha value is -1.66. The van der Waals surface area contributed by atoms with E-state index in [9.17, 15) is 15.2 Å². The van der Waals surface area contributed by atoms with Gasteiger partial charge >= 0.3 is 5.69 Å². The Labute approximate surface area is 118 Å². The average Bonchev–Trinajstić information content (AvgIpc) is 2.43. The van der Waals surface area contributed by atoms with Crippen LogP contribution >= 0.6 is 0 Å². The fourth-order valence-electron chi connectivity index (χ4n) is 2.86. The van der Waals surface area contributed by atoms with Crippen LogP contribution in [0.1, 0.15) is 30.5 Å². The van der Waals surface area contributed by atoms with E-state index in [0.29, 0.717) is 11.1 Å². The Kier molecular flexibility index (Phi) is 4.57. The van der Waals surface area contributed by atoms with Crippen molar-refractivity contribution < 1.29 is 10.0 Å². The van der Waals surface area contributed by atoms with Gasteiger partial charge < -0.3 is 10.4 Å². The first-order chi connectivity index (χ1) is 9.56. The minimum atomic E-state index is -0.501. The molecule has 0 saturated carbocycles. The highest BCUT2D eigenvalue weighted by Gasteiger charge is 2.28. The minimum absolute atomic E-state index is 0.0244. The van der Waals surface area contributed by atoms with E-state index in [4.69, 9.17) is 0 Å². The average molecular weight is 279 g/mol. The van der Waals surface area contributed by atoms with Crippen LogP contribution in [0.25, 0.3) is 0 Å². The van der Waals surface area contributed by atoms with Crippen LogP contribution < -0.4 is 5.32 Å². The van der Waals surface area contributed by atoms with Crippen molar-refractivity contribution in [3.63, 3.8) is 0 Å². The number of nitro benzene ring substituents is 1. The molecule has 0 radical (unpaired) electrons.